The van der Waals surface area contributed by atoms with Crippen molar-refractivity contribution in [2.45, 2.75) is 40.0 Å². The average molecular weight is 332 g/mol. The van der Waals surface area contributed by atoms with Crippen LogP contribution in [0.5, 0.6) is 0 Å². The number of thiophene rings is 1. The summed E-state index contributed by atoms with van der Waals surface area (Å²) in [6.07, 6.45) is 4.54. The lowest BCUT2D eigenvalue weighted by molar-refractivity contribution is -0.131. The first-order valence-electron chi connectivity index (χ1n) is 7.49. The molecular formula is C17H20N2O3S. The van der Waals surface area contributed by atoms with Crippen molar-refractivity contribution in [3.05, 3.63) is 28.2 Å². The molecule has 0 spiro atoms. The number of nitrogens with zero attached hydrogens (tertiary/aromatic N) is 1. The summed E-state index contributed by atoms with van der Waals surface area (Å²) in [4.78, 5) is 23.4. The number of hydrogen-bond acceptors (Lipinski definition) is 4. The van der Waals surface area contributed by atoms with Crippen LogP contribution < -0.4 is 5.32 Å². The lowest BCUT2D eigenvalue weighted by Gasteiger charge is -2.33. The van der Waals surface area contributed by atoms with E-state index in [9.17, 15) is 14.9 Å². The van der Waals surface area contributed by atoms with Crippen molar-refractivity contribution in [1.29, 1.82) is 5.26 Å². The number of nitriles is 1. The van der Waals surface area contributed by atoms with E-state index < -0.39 is 11.9 Å². The Balaban J connectivity index is 2.24. The predicted octanol–water partition coefficient (Wildman–Crippen LogP) is 3.35. The van der Waals surface area contributed by atoms with Crippen LogP contribution in [0.3, 0.4) is 0 Å². The van der Waals surface area contributed by atoms with E-state index in [-0.39, 0.29) is 5.41 Å². The number of fused-ring (bicyclic) bond motifs is 1. The van der Waals surface area contributed by atoms with Crippen LogP contribution in [0.2, 0.25) is 0 Å². The second-order valence-corrected chi connectivity index (χ2v) is 7.89. The molecule has 0 aliphatic heterocycles. The maximum atomic E-state index is 11.8. The number of anilines is 1. The molecule has 0 fully saturated rings. The van der Waals surface area contributed by atoms with Crippen molar-refractivity contribution in [2.24, 2.45) is 11.3 Å². The molecule has 23 heavy (non-hydrogen) atoms. The smallest absolute Gasteiger partial charge is 0.328 e. The van der Waals surface area contributed by atoms with Crippen LogP contribution in [-0.4, -0.2) is 17.0 Å². The number of aliphatic carboxylic acids is 1. The number of amides is 1. The molecule has 0 saturated carbocycles. The van der Waals surface area contributed by atoms with Crippen LogP contribution in [-0.2, 0) is 22.4 Å². The van der Waals surface area contributed by atoms with Gasteiger partial charge in [0.15, 0.2) is 0 Å². The molecule has 1 aliphatic carbocycles. The predicted molar refractivity (Wildman–Crippen MR) is 89.4 cm³/mol. The maximum Gasteiger partial charge on any atom is 0.328 e. The van der Waals surface area contributed by atoms with E-state index in [2.05, 4.69) is 32.2 Å². The SMILES string of the molecule is CC(C)(C)[C@H]1CCc2c(sc(NC(=O)/C=C/C(=O)O)c2C#N)C1. The lowest BCUT2D eigenvalue weighted by atomic mass is 9.72. The Morgan fingerprint density at radius 3 is 2.65 bits per heavy atom. The van der Waals surface area contributed by atoms with Crippen molar-refractivity contribution in [1.82, 2.24) is 0 Å². The molecule has 1 heterocycles. The third kappa shape index (κ3) is 3.99. The van der Waals surface area contributed by atoms with Gasteiger partial charge in [0, 0.05) is 17.0 Å². The molecule has 0 aromatic carbocycles. The fraction of sp³-hybridized carbons (Fsp3) is 0.471. The van der Waals surface area contributed by atoms with Gasteiger partial charge >= 0.3 is 5.97 Å². The third-order valence-corrected chi connectivity index (χ3v) is 5.39. The molecule has 6 heteroatoms. The molecule has 0 saturated heterocycles. The number of rotatable bonds is 3. The van der Waals surface area contributed by atoms with Gasteiger partial charge < -0.3 is 10.4 Å². The average Bonchev–Trinajstić information content (AvgIpc) is 2.80. The van der Waals surface area contributed by atoms with Crippen molar-refractivity contribution in [3.63, 3.8) is 0 Å². The summed E-state index contributed by atoms with van der Waals surface area (Å²) in [6, 6.07) is 2.18. The number of carboxylic acids is 1. The van der Waals surface area contributed by atoms with Crippen LogP contribution in [0.15, 0.2) is 12.2 Å². The highest BCUT2D eigenvalue weighted by Gasteiger charge is 2.32. The second kappa shape index (κ2) is 6.55. The van der Waals surface area contributed by atoms with E-state index in [0.717, 1.165) is 41.9 Å². The van der Waals surface area contributed by atoms with Crippen molar-refractivity contribution >= 4 is 28.2 Å². The first-order chi connectivity index (χ1) is 10.7. The van der Waals surface area contributed by atoms with Gasteiger partial charge in [-0.2, -0.15) is 5.26 Å². The fourth-order valence-corrected chi connectivity index (χ4v) is 4.11. The Hall–Kier alpha value is -2.13. The number of carboxylic acid groups (broad SMARTS) is 1. The molecule has 2 N–H and O–H groups in total. The molecule has 0 unspecified atom stereocenters. The Bertz CT molecular complexity index is 705. The fourth-order valence-electron chi connectivity index (χ4n) is 2.83. The molecule has 1 aromatic rings. The molecule has 2 rings (SSSR count). The van der Waals surface area contributed by atoms with E-state index in [4.69, 9.17) is 5.11 Å². The second-order valence-electron chi connectivity index (χ2n) is 6.79. The van der Waals surface area contributed by atoms with Gasteiger partial charge in [0.2, 0.25) is 5.91 Å². The summed E-state index contributed by atoms with van der Waals surface area (Å²) in [5.74, 6) is -1.16. The van der Waals surface area contributed by atoms with Gasteiger partial charge in [0.1, 0.15) is 11.1 Å². The molecule has 1 aliphatic rings. The first-order valence-corrected chi connectivity index (χ1v) is 8.30. The zero-order valence-electron chi connectivity index (χ0n) is 13.5. The van der Waals surface area contributed by atoms with E-state index >= 15 is 0 Å². The number of carbonyl (C=O) groups excluding carboxylic acids is 1. The van der Waals surface area contributed by atoms with Gasteiger partial charge in [-0.3, -0.25) is 4.79 Å². The van der Waals surface area contributed by atoms with E-state index in [1.807, 2.05) is 0 Å². The monoisotopic (exact) mass is 332 g/mol. The molecule has 122 valence electrons. The normalized spacial score (nSPS) is 17.6. The van der Waals surface area contributed by atoms with Crippen LogP contribution >= 0.6 is 11.3 Å². The zero-order valence-corrected chi connectivity index (χ0v) is 14.3. The third-order valence-electron chi connectivity index (χ3n) is 4.22. The maximum absolute atomic E-state index is 11.8. The Morgan fingerprint density at radius 2 is 2.09 bits per heavy atom. The largest absolute Gasteiger partial charge is 0.478 e. The Morgan fingerprint density at radius 1 is 1.39 bits per heavy atom. The summed E-state index contributed by atoms with van der Waals surface area (Å²) in [6.45, 7) is 6.67. The molecular weight excluding hydrogens is 312 g/mol. The summed E-state index contributed by atoms with van der Waals surface area (Å²) < 4.78 is 0. The number of nitrogens with one attached hydrogen (secondary N) is 1. The van der Waals surface area contributed by atoms with Crippen LogP contribution in [0.25, 0.3) is 0 Å². The van der Waals surface area contributed by atoms with Crippen molar-refractivity contribution < 1.29 is 14.7 Å². The van der Waals surface area contributed by atoms with Gasteiger partial charge in [0.05, 0.1) is 5.56 Å². The highest BCUT2D eigenvalue weighted by atomic mass is 32.1. The molecule has 0 radical (unpaired) electrons. The number of hydrogen-bond donors (Lipinski definition) is 2. The highest BCUT2D eigenvalue weighted by molar-refractivity contribution is 7.16. The first kappa shape index (κ1) is 17.2. The molecule has 1 amide bonds. The molecule has 1 aromatic heterocycles. The van der Waals surface area contributed by atoms with E-state index in [0.29, 0.717) is 16.5 Å². The lowest BCUT2D eigenvalue weighted by Crippen LogP contribution is -2.26. The van der Waals surface area contributed by atoms with Gasteiger partial charge in [-0.15, -0.1) is 11.3 Å². The minimum absolute atomic E-state index is 0.210. The zero-order chi connectivity index (χ0) is 17.2. The topological polar surface area (TPSA) is 90.2 Å². The minimum atomic E-state index is -1.18. The molecule has 5 nitrogen and oxygen atoms in total. The van der Waals surface area contributed by atoms with Crippen LogP contribution in [0, 0.1) is 22.7 Å². The quantitative estimate of drug-likeness (QED) is 0.831. The van der Waals surface area contributed by atoms with Crippen LogP contribution in [0.4, 0.5) is 5.00 Å². The summed E-state index contributed by atoms with van der Waals surface area (Å²) in [5, 5.41) is 21.1. The molecule has 1 atom stereocenters. The molecule has 0 bridgehead atoms. The van der Waals surface area contributed by atoms with Gasteiger partial charge in [0.25, 0.3) is 0 Å². The summed E-state index contributed by atoms with van der Waals surface area (Å²) >= 11 is 1.43. The van der Waals surface area contributed by atoms with Crippen LogP contribution in [0.1, 0.15) is 43.2 Å². The van der Waals surface area contributed by atoms with Gasteiger partial charge in [-0.25, -0.2) is 4.79 Å². The van der Waals surface area contributed by atoms with Crippen molar-refractivity contribution in [2.75, 3.05) is 5.32 Å². The highest BCUT2D eigenvalue weighted by Crippen LogP contribution is 2.43. The van der Waals surface area contributed by atoms with E-state index in [1.165, 1.54) is 11.3 Å². The van der Waals surface area contributed by atoms with Gasteiger partial charge in [-0.1, -0.05) is 20.8 Å². The number of carbonyl (C=O) groups is 2. The Kier molecular flexibility index (Phi) is 4.90. The Labute approximate surface area is 139 Å². The standard InChI is InChI=1S/C17H20N2O3S/c1-17(2,3)10-4-5-11-12(9-18)16(23-13(11)8-10)19-14(20)6-7-15(21)22/h6-7,10H,4-5,8H2,1-3H3,(H,19,20)(H,21,22)/b7-6+/t10-/m0/s1. The summed E-state index contributed by atoms with van der Waals surface area (Å²) in [5.41, 5.74) is 1.77. The summed E-state index contributed by atoms with van der Waals surface area (Å²) in [7, 11) is 0. The van der Waals surface area contributed by atoms with Gasteiger partial charge in [-0.05, 0) is 36.2 Å². The van der Waals surface area contributed by atoms with Crippen molar-refractivity contribution in [3.8, 4) is 6.07 Å². The minimum Gasteiger partial charge on any atom is -0.478 e. The van der Waals surface area contributed by atoms with E-state index in [1.54, 1.807) is 0 Å².